The first-order valence-corrected chi connectivity index (χ1v) is 8.82. The van der Waals surface area contributed by atoms with Gasteiger partial charge < -0.3 is 10.0 Å². The summed E-state index contributed by atoms with van der Waals surface area (Å²) >= 11 is 0. The van der Waals surface area contributed by atoms with Crippen LogP contribution in [0.25, 0.3) is 0 Å². The SMILES string of the molecule is Cc1cc(C(=O)N2CCCC(C(=O)O)C2)cc(S(N)(=O)=O)c1C. The van der Waals surface area contributed by atoms with Crippen molar-refractivity contribution in [3.63, 3.8) is 0 Å². The Balaban J connectivity index is 2.36. The van der Waals surface area contributed by atoms with E-state index in [1.165, 1.54) is 11.0 Å². The van der Waals surface area contributed by atoms with E-state index in [4.69, 9.17) is 10.2 Å². The first-order chi connectivity index (χ1) is 10.6. The Labute approximate surface area is 135 Å². The van der Waals surface area contributed by atoms with E-state index >= 15 is 0 Å². The lowest BCUT2D eigenvalue weighted by Crippen LogP contribution is -2.42. The highest BCUT2D eigenvalue weighted by Crippen LogP contribution is 2.23. The average molecular weight is 340 g/mol. The normalized spacial score (nSPS) is 18.7. The number of aryl methyl sites for hydroxylation is 1. The summed E-state index contributed by atoms with van der Waals surface area (Å²) in [6, 6.07) is 2.88. The summed E-state index contributed by atoms with van der Waals surface area (Å²) in [7, 11) is -3.93. The molecule has 126 valence electrons. The molecule has 1 heterocycles. The Hall–Kier alpha value is -1.93. The Morgan fingerprint density at radius 2 is 1.96 bits per heavy atom. The van der Waals surface area contributed by atoms with Crippen LogP contribution in [0.1, 0.15) is 34.3 Å². The number of amides is 1. The number of carbonyl (C=O) groups is 2. The van der Waals surface area contributed by atoms with Gasteiger partial charge in [-0.2, -0.15) is 0 Å². The molecule has 1 unspecified atom stereocenters. The predicted molar refractivity (Wildman–Crippen MR) is 83.6 cm³/mol. The quantitative estimate of drug-likeness (QED) is 0.847. The number of hydrogen-bond acceptors (Lipinski definition) is 4. The number of nitrogens with two attached hydrogens (primary N) is 1. The molecule has 1 fully saturated rings. The van der Waals surface area contributed by atoms with E-state index < -0.39 is 21.9 Å². The largest absolute Gasteiger partial charge is 0.481 e. The summed E-state index contributed by atoms with van der Waals surface area (Å²) in [4.78, 5) is 25.1. The first-order valence-electron chi connectivity index (χ1n) is 7.27. The minimum Gasteiger partial charge on any atom is -0.481 e. The molecule has 0 spiro atoms. The summed E-state index contributed by atoms with van der Waals surface area (Å²) in [5, 5.41) is 14.3. The molecule has 1 aliphatic heterocycles. The molecular formula is C15H20N2O5S. The second kappa shape index (κ2) is 6.29. The summed E-state index contributed by atoms with van der Waals surface area (Å²) in [6.07, 6.45) is 1.14. The highest BCUT2D eigenvalue weighted by molar-refractivity contribution is 7.89. The van der Waals surface area contributed by atoms with Crippen LogP contribution in [0, 0.1) is 19.8 Å². The monoisotopic (exact) mass is 340 g/mol. The lowest BCUT2D eigenvalue weighted by atomic mass is 9.97. The number of benzene rings is 1. The fourth-order valence-electron chi connectivity index (χ4n) is 2.79. The van der Waals surface area contributed by atoms with E-state index in [1.807, 2.05) is 0 Å². The maximum absolute atomic E-state index is 12.6. The average Bonchev–Trinajstić information content (AvgIpc) is 2.48. The number of sulfonamides is 1. The van der Waals surface area contributed by atoms with E-state index in [0.29, 0.717) is 30.5 Å². The van der Waals surface area contributed by atoms with E-state index in [-0.39, 0.29) is 22.9 Å². The molecule has 23 heavy (non-hydrogen) atoms. The third-order valence-corrected chi connectivity index (χ3v) is 5.27. The van der Waals surface area contributed by atoms with Gasteiger partial charge in [0, 0.05) is 18.7 Å². The maximum atomic E-state index is 12.6. The second-order valence-electron chi connectivity index (χ2n) is 5.89. The summed E-state index contributed by atoms with van der Waals surface area (Å²) < 4.78 is 23.3. The van der Waals surface area contributed by atoms with E-state index in [1.54, 1.807) is 19.9 Å². The molecule has 1 atom stereocenters. The molecule has 0 aliphatic carbocycles. The van der Waals surface area contributed by atoms with Gasteiger partial charge in [0.25, 0.3) is 5.91 Å². The Kier molecular flexibility index (Phi) is 4.76. The summed E-state index contributed by atoms with van der Waals surface area (Å²) in [5.41, 5.74) is 1.36. The van der Waals surface area contributed by atoms with Crippen LogP contribution in [-0.4, -0.2) is 43.4 Å². The smallest absolute Gasteiger partial charge is 0.308 e. The molecule has 8 heteroatoms. The van der Waals surface area contributed by atoms with Gasteiger partial charge in [0.2, 0.25) is 10.0 Å². The molecule has 1 aromatic carbocycles. The van der Waals surface area contributed by atoms with Crippen molar-refractivity contribution in [3.05, 3.63) is 28.8 Å². The van der Waals surface area contributed by atoms with Gasteiger partial charge in [0.05, 0.1) is 10.8 Å². The Morgan fingerprint density at radius 3 is 2.52 bits per heavy atom. The standard InChI is InChI=1S/C15H20N2O5S/c1-9-6-12(7-13(10(9)2)23(16,21)22)14(18)17-5-3-4-11(8-17)15(19)20/h6-7,11H,3-5,8H2,1-2H3,(H,19,20)(H2,16,21,22). The zero-order valence-corrected chi connectivity index (χ0v) is 13.9. The summed E-state index contributed by atoms with van der Waals surface area (Å²) in [6.45, 7) is 3.92. The number of carboxylic acids is 1. The van der Waals surface area contributed by atoms with Crippen molar-refractivity contribution in [1.29, 1.82) is 0 Å². The topological polar surface area (TPSA) is 118 Å². The van der Waals surface area contributed by atoms with Crippen LogP contribution in [0.2, 0.25) is 0 Å². The van der Waals surface area contributed by atoms with Crippen molar-refractivity contribution >= 4 is 21.9 Å². The lowest BCUT2D eigenvalue weighted by Gasteiger charge is -2.31. The van der Waals surface area contributed by atoms with Gasteiger partial charge in [-0.15, -0.1) is 0 Å². The van der Waals surface area contributed by atoms with Crippen molar-refractivity contribution in [1.82, 2.24) is 4.90 Å². The molecule has 7 nitrogen and oxygen atoms in total. The maximum Gasteiger partial charge on any atom is 0.308 e. The summed E-state index contributed by atoms with van der Waals surface area (Å²) in [5.74, 6) is -1.88. The van der Waals surface area contributed by atoms with E-state index in [9.17, 15) is 18.0 Å². The van der Waals surface area contributed by atoms with Crippen LogP contribution >= 0.6 is 0 Å². The highest BCUT2D eigenvalue weighted by Gasteiger charge is 2.29. The van der Waals surface area contributed by atoms with Crippen LogP contribution in [-0.2, 0) is 14.8 Å². The number of piperidine rings is 1. The number of aliphatic carboxylic acids is 1. The Bertz CT molecular complexity index is 757. The van der Waals surface area contributed by atoms with Crippen molar-refractivity contribution in [3.8, 4) is 0 Å². The molecule has 0 radical (unpaired) electrons. The van der Waals surface area contributed by atoms with Gasteiger partial charge >= 0.3 is 5.97 Å². The van der Waals surface area contributed by atoms with Crippen molar-refractivity contribution < 1.29 is 23.1 Å². The van der Waals surface area contributed by atoms with Gasteiger partial charge in [0.15, 0.2) is 0 Å². The molecule has 1 aliphatic rings. The van der Waals surface area contributed by atoms with Crippen LogP contribution in [0.3, 0.4) is 0 Å². The van der Waals surface area contributed by atoms with E-state index in [0.717, 1.165) is 0 Å². The van der Waals surface area contributed by atoms with E-state index in [2.05, 4.69) is 0 Å². The van der Waals surface area contributed by atoms with Gasteiger partial charge in [-0.05, 0) is 49.9 Å². The fraction of sp³-hybridized carbons (Fsp3) is 0.467. The molecule has 3 N–H and O–H groups in total. The molecule has 0 bridgehead atoms. The molecule has 1 saturated heterocycles. The second-order valence-corrected chi connectivity index (χ2v) is 7.42. The number of hydrogen-bond donors (Lipinski definition) is 2. The molecule has 2 rings (SSSR count). The zero-order valence-electron chi connectivity index (χ0n) is 13.1. The van der Waals surface area contributed by atoms with Gasteiger partial charge in [-0.25, -0.2) is 13.6 Å². The number of likely N-dealkylation sites (tertiary alicyclic amines) is 1. The lowest BCUT2D eigenvalue weighted by molar-refractivity contribution is -0.143. The molecule has 1 aromatic rings. The predicted octanol–water partition coefficient (Wildman–Crippen LogP) is 0.888. The third kappa shape index (κ3) is 3.70. The van der Waals surface area contributed by atoms with Gasteiger partial charge in [-0.3, -0.25) is 9.59 Å². The third-order valence-electron chi connectivity index (χ3n) is 4.23. The molecule has 0 saturated carbocycles. The molecular weight excluding hydrogens is 320 g/mol. The number of carboxylic acid groups (broad SMARTS) is 1. The number of nitrogens with zero attached hydrogens (tertiary/aromatic N) is 1. The highest BCUT2D eigenvalue weighted by atomic mass is 32.2. The first kappa shape index (κ1) is 17.4. The van der Waals surface area contributed by atoms with Crippen LogP contribution < -0.4 is 5.14 Å². The van der Waals surface area contributed by atoms with Crippen LogP contribution in [0.4, 0.5) is 0 Å². The number of carbonyl (C=O) groups excluding carboxylic acids is 1. The Morgan fingerprint density at radius 1 is 1.30 bits per heavy atom. The minimum atomic E-state index is -3.93. The van der Waals surface area contributed by atoms with Gasteiger partial charge in [0.1, 0.15) is 0 Å². The van der Waals surface area contributed by atoms with Crippen molar-refractivity contribution in [2.45, 2.75) is 31.6 Å². The molecule has 1 amide bonds. The minimum absolute atomic E-state index is 0.0763. The molecule has 0 aromatic heterocycles. The van der Waals surface area contributed by atoms with Crippen molar-refractivity contribution in [2.75, 3.05) is 13.1 Å². The van der Waals surface area contributed by atoms with Crippen LogP contribution in [0.15, 0.2) is 17.0 Å². The van der Waals surface area contributed by atoms with Crippen LogP contribution in [0.5, 0.6) is 0 Å². The number of primary sulfonamides is 1. The van der Waals surface area contributed by atoms with Crippen molar-refractivity contribution in [2.24, 2.45) is 11.1 Å². The number of rotatable bonds is 3. The fourth-order valence-corrected chi connectivity index (χ4v) is 3.67. The van der Waals surface area contributed by atoms with Gasteiger partial charge in [-0.1, -0.05) is 0 Å². The zero-order chi connectivity index (χ0) is 17.4.